The van der Waals surface area contributed by atoms with Gasteiger partial charge in [0.15, 0.2) is 5.11 Å². The van der Waals surface area contributed by atoms with E-state index in [0.717, 1.165) is 38.1 Å². The van der Waals surface area contributed by atoms with Crippen LogP contribution in [-0.2, 0) is 10.9 Å². The van der Waals surface area contributed by atoms with Crippen molar-refractivity contribution in [3.63, 3.8) is 0 Å². The summed E-state index contributed by atoms with van der Waals surface area (Å²) in [7, 11) is 0. The van der Waals surface area contributed by atoms with Crippen molar-refractivity contribution in [1.29, 1.82) is 0 Å². The number of nitrogens with zero attached hydrogens (tertiary/aromatic N) is 2. The van der Waals surface area contributed by atoms with Gasteiger partial charge in [-0.3, -0.25) is 4.90 Å². The fraction of sp³-hybridized carbons (Fsp3) is 0.533. The molecule has 23 heavy (non-hydrogen) atoms. The van der Waals surface area contributed by atoms with Crippen LogP contribution < -0.4 is 10.2 Å². The van der Waals surface area contributed by atoms with Gasteiger partial charge in [-0.25, -0.2) is 0 Å². The van der Waals surface area contributed by atoms with Gasteiger partial charge in [0.2, 0.25) is 0 Å². The van der Waals surface area contributed by atoms with Crippen LogP contribution in [0.15, 0.2) is 24.3 Å². The second kappa shape index (κ2) is 6.62. The zero-order valence-corrected chi connectivity index (χ0v) is 13.3. The molecule has 1 atom stereocenters. The largest absolute Gasteiger partial charge is 0.416 e. The van der Waals surface area contributed by atoms with Crippen LogP contribution in [0.5, 0.6) is 0 Å². The quantitative estimate of drug-likeness (QED) is 0.851. The number of alkyl halides is 3. The minimum Gasteiger partial charge on any atom is -0.377 e. The Balaban J connectivity index is 1.73. The maximum Gasteiger partial charge on any atom is 0.416 e. The number of thiocarbonyl (C=S) groups is 1. The van der Waals surface area contributed by atoms with E-state index in [1.807, 2.05) is 0 Å². The minimum absolute atomic E-state index is 0.187. The maximum absolute atomic E-state index is 12.9. The number of hydrogen-bond donors (Lipinski definition) is 1. The third-order valence-electron chi connectivity index (χ3n) is 4.01. The third kappa shape index (κ3) is 3.94. The molecule has 0 bridgehead atoms. The zero-order valence-electron chi connectivity index (χ0n) is 12.5. The summed E-state index contributed by atoms with van der Waals surface area (Å²) in [6.07, 6.45) is -2.10. The highest BCUT2D eigenvalue weighted by Crippen LogP contribution is 2.32. The molecule has 8 heteroatoms. The van der Waals surface area contributed by atoms with Gasteiger partial charge in [-0.2, -0.15) is 13.2 Å². The molecule has 0 radical (unpaired) electrons. The van der Waals surface area contributed by atoms with Gasteiger partial charge in [0.1, 0.15) is 0 Å². The molecule has 3 rings (SSSR count). The van der Waals surface area contributed by atoms with Crippen molar-refractivity contribution in [1.82, 2.24) is 10.2 Å². The summed E-state index contributed by atoms with van der Waals surface area (Å²) in [5.41, 5.74) is -0.233. The molecular weight excluding hydrogens is 327 g/mol. The molecule has 0 aromatic heterocycles. The summed E-state index contributed by atoms with van der Waals surface area (Å²) < 4.78 is 44.3. The van der Waals surface area contributed by atoms with Crippen LogP contribution in [0, 0.1) is 0 Å². The molecule has 2 aliphatic rings. The number of nitrogens with one attached hydrogen (secondary N) is 1. The topological polar surface area (TPSA) is 27.7 Å². The van der Waals surface area contributed by atoms with E-state index < -0.39 is 11.7 Å². The Bertz CT molecular complexity index is 575. The lowest BCUT2D eigenvalue weighted by molar-refractivity contribution is -0.137. The van der Waals surface area contributed by atoms with E-state index in [2.05, 4.69) is 10.2 Å². The second-order valence-corrected chi connectivity index (χ2v) is 6.13. The predicted octanol–water partition coefficient (Wildman–Crippen LogP) is 2.80. The van der Waals surface area contributed by atoms with E-state index in [0.29, 0.717) is 24.1 Å². The van der Waals surface area contributed by atoms with Crippen molar-refractivity contribution in [3.05, 3.63) is 29.8 Å². The zero-order chi connectivity index (χ0) is 16.4. The Labute approximate surface area is 138 Å². The van der Waals surface area contributed by atoms with Crippen LogP contribution >= 0.6 is 12.2 Å². The second-order valence-electron chi connectivity index (χ2n) is 5.75. The summed E-state index contributed by atoms with van der Waals surface area (Å²) in [5.74, 6) is 0. The molecule has 0 amide bonds. The highest BCUT2D eigenvalue weighted by atomic mass is 32.1. The van der Waals surface area contributed by atoms with Gasteiger partial charge in [0.05, 0.1) is 25.0 Å². The molecule has 1 aromatic carbocycles. The molecule has 2 aliphatic heterocycles. The van der Waals surface area contributed by atoms with Crippen molar-refractivity contribution in [2.45, 2.75) is 25.1 Å². The van der Waals surface area contributed by atoms with Crippen LogP contribution in [0.1, 0.15) is 18.4 Å². The number of ether oxygens (including phenoxy) is 1. The number of hydrogen-bond acceptors (Lipinski definition) is 3. The summed E-state index contributed by atoms with van der Waals surface area (Å²) in [6, 6.07) is 5.23. The maximum atomic E-state index is 12.9. The molecule has 2 fully saturated rings. The molecule has 1 aromatic rings. The van der Waals surface area contributed by atoms with Gasteiger partial charge in [0, 0.05) is 18.8 Å². The fourth-order valence-corrected chi connectivity index (χ4v) is 3.06. The molecule has 126 valence electrons. The van der Waals surface area contributed by atoms with E-state index in [-0.39, 0.29) is 6.10 Å². The van der Waals surface area contributed by atoms with Crippen molar-refractivity contribution in [2.75, 3.05) is 31.4 Å². The first-order valence-electron chi connectivity index (χ1n) is 7.50. The van der Waals surface area contributed by atoms with Crippen LogP contribution in [0.4, 0.5) is 18.9 Å². The van der Waals surface area contributed by atoms with Gasteiger partial charge in [-0.05, 0) is 43.3 Å². The number of halogens is 3. The number of benzene rings is 1. The molecular formula is C15H18F3N3OS. The van der Waals surface area contributed by atoms with Gasteiger partial charge < -0.3 is 15.0 Å². The smallest absolute Gasteiger partial charge is 0.377 e. The number of rotatable bonds is 3. The van der Waals surface area contributed by atoms with E-state index in [1.54, 1.807) is 11.0 Å². The van der Waals surface area contributed by atoms with Crippen molar-refractivity contribution >= 4 is 23.0 Å². The molecule has 0 spiro atoms. The average Bonchev–Trinajstić information content (AvgIpc) is 3.01. The highest BCUT2D eigenvalue weighted by Gasteiger charge is 2.32. The van der Waals surface area contributed by atoms with Gasteiger partial charge >= 0.3 is 6.18 Å². The Morgan fingerprint density at radius 1 is 1.35 bits per heavy atom. The first kappa shape index (κ1) is 16.5. The van der Waals surface area contributed by atoms with Crippen LogP contribution in [0.2, 0.25) is 0 Å². The SMILES string of the molecule is FC(F)(F)c1cccc(N2CN(CC3CCCO3)CNC2=S)c1. The lowest BCUT2D eigenvalue weighted by Crippen LogP contribution is -2.57. The average molecular weight is 345 g/mol. The standard InChI is InChI=1S/C15H18F3N3OS/c16-15(17,18)11-3-1-4-12(7-11)21-10-20(9-19-14(21)23)8-13-5-2-6-22-13/h1,3-4,7,13H,2,5-6,8-10H2,(H,19,23). The van der Waals surface area contributed by atoms with Crippen LogP contribution in [0.25, 0.3) is 0 Å². The van der Waals surface area contributed by atoms with Gasteiger partial charge in [-0.15, -0.1) is 0 Å². The van der Waals surface area contributed by atoms with E-state index in [4.69, 9.17) is 17.0 Å². The molecule has 1 unspecified atom stereocenters. The lowest BCUT2D eigenvalue weighted by Gasteiger charge is -2.39. The molecule has 0 aliphatic carbocycles. The summed E-state index contributed by atoms with van der Waals surface area (Å²) in [5, 5.41) is 3.50. The van der Waals surface area contributed by atoms with E-state index >= 15 is 0 Å². The number of anilines is 1. The van der Waals surface area contributed by atoms with Crippen LogP contribution in [0.3, 0.4) is 0 Å². The van der Waals surface area contributed by atoms with Gasteiger partial charge in [-0.1, -0.05) is 6.07 Å². The van der Waals surface area contributed by atoms with Gasteiger partial charge in [0.25, 0.3) is 0 Å². The first-order valence-corrected chi connectivity index (χ1v) is 7.91. The van der Waals surface area contributed by atoms with E-state index in [1.165, 1.54) is 6.07 Å². The molecule has 2 heterocycles. The monoisotopic (exact) mass is 345 g/mol. The van der Waals surface area contributed by atoms with Crippen molar-refractivity contribution < 1.29 is 17.9 Å². The summed E-state index contributed by atoms with van der Waals surface area (Å²) >= 11 is 5.26. The van der Waals surface area contributed by atoms with Crippen molar-refractivity contribution in [3.8, 4) is 0 Å². The molecule has 0 saturated carbocycles. The Morgan fingerprint density at radius 2 is 2.17 bits per heavy atom. The molecule has 2 saturated heterocycles. The third-order valence-corrected chi connectivity index (χ3v) is 4.38. The van der Waals surface area contributed by atoms with Crippen molar-refractivity contribution in [2.24, 2.45) is 0 Å². The normalized spacial score (nSPS) is 23.2. The predicted molar refractivity (Wildman–Crippen MR) is 85.1 cm³/mol. The summed E-state index contributed by atoms with van der Waals surface area (Å²) in [6.45, 7) is 2.55. The fourth-order valence-electron chi connectivity index (χ4n) is 2.84. The summed E-state index contributed by atoms with van der Waals surface area (Å²) in [4.78, 5) is 3.77. The lowest BCUT2D eigenvalue weighted by atomic mass is 10.2. The first-order chi connectivity index (χ1) is 10.9. The van der Waals surface area contributed by atoms with Crippen LogP contribution in [-0.4, -0.2) is 42.6 Å². The Kier molecular flexibility index (Phi) is 4.74. The highest BCUT2D eigenvalue weighted by molar-refractivity contribution is 7.80. The minimum atomic E-state index is -4.36. The molecule has 1 N–H and O–H groups in total. The Hall–Kier alpha value is -1.38. The molecule has 4 nitrogen and oxygen atoms in total. The van der Waals surface area contributed by atoms with E-state index in [9.17, 15) is 13.2 Å². The Morgan fingerprint density at radius 3 is 2.87 bits per heavy atom.